The Morgan fingerprint density at radius 3 is 2.15 bits per heavy atom. The van der Waals surface area contributed by atoms with Crippen LogP contribution in [0, 0.1) is 0 Å². The van der Waals surface area contributed by atoms with Crippen LogP contribution in [0.5, 0.6) is 0 Å². The molecular weight excluding hydrogens is 350 g/mol. The Kier molecular flexibility index (Phi) is 8.08. The van der Waals surface area contributed by atoms with Gasteiger partial charge in [-0.2, -0.15) is 0 Å². The topological polar surface area (TPSA) is 97.0 Å². The number of amides is 3. The van der Waals surface area contributed by atoms with Crippen molar-refractivity contribution < 1.29 is 23.9 Å². The molecule has 150 valence electrons. The zero-order valence-electron chi connectivity index (χ0n) is 16.7. The van der Waals surface area contributed by atoms with Gasteiger partial charge in [0.2, 0.25) is 5.91 Å². The lowest BCUT2D eigenvalue weighted by Crippen LogP contribution is -2.57. The van der Waals surface area contributed by atoms with Gasteiger partial charge in [0.25, 0.3) is 0 Å². The fraction of sp³-hybridized carbons (Fsp3) is 0.526. The maximum Gasteiger partial charge on any atom is 0.408 e. The predicted octanol–water partition coefficient (Wildman–Crippen LogP) is 2.28. The molecule has 0 saturated heterocycles. The first-order valence-electron chi connectivity index (χ1n) is 8.67. The van der Waals surface area contributed by atoms with E-state index in [1.807, 2.05) is 30.3 Å². The zero-order valence-corrected chi connectivity index (χ0v) is 16.7. The molecule has 0 heterocycles. The summed E-state index contributed by atoms with van der Waals surface area (Å²) < 4.78 is 10.3. The number of carbonyl (C=O) groups is 3. The number of carbonyl (C=O) groups excluding carboxylic acids is 3. The maximum atomic E-state index is 12.4. The summed E-state index contributed by atoms with van der Waals surface area (Å²) in [6, 6.07) is 7.50. The maximum absolute atomic E-state index is 12.4. The van der Waals surface area contributed by atoms with Crippen LogP contribution in [0.25, 0.3) is 0 Å². The second-order valence-electron chi connectivity index (χ2n) is 7.35. The Hall–Kier alpha value is -2.77. The lowest BCUT2D eigenvalue weighted by atomic mass is 10.1. The molecule has 0 aliphatic carbocycles. The number of nitrogens with one attached hydrogen (secondary N) is 2. The van der Waals surface area contributed by atoms with Crippen molar-refractivity contribution in [1.82, 2.24) is 15.5 Å². The van der Waals surface area contributed by atoms with Gasteiger partial charge in [0.1, 0.15) is 18.2 Å². The quantitative estimate of drug-likeness (QED) is 0.790. The molecule has 2 N–H and O–H groups in total. The van der Waals surface area contributed by atoms with Gasteiger partial charge in [0, 0.05) is 14.1 Å². The molecule has 0 fully saturated rings. The zero-order chi connectivity index (χ0) is 20.6. The first kappa shape index (κ1) is 22.3. The van der Waals surface area contributed by atoms with Crippen LogP contribution < -0.4 is 10.6 Å². The Morgan fingerprint density at radius 2 is 1.63 bits per heavy atom. The van der Waals surface area contributed by atoms with Crippen molar-refractivity contribution in [3.63, 3.8) is 0 Å². The van der Waals surface area contributed by atoms with E-state index in [2.05, 4.69) is 10.6 Å². The van der Waals surface area contributed by atoms with Crippen molar-refractivity contribution in [3.8, 4) is 0 Å². The Bertz CT molecular complexity index is 640. The van der Waals surface area contributed by atoms with E-state index in [0.29, 0.717) is 0 Å². The summed E-state index contributed by atoms with van der Waals surface area (Å²) in [4.78, 5) is 37.8. The van der Waals surface area contributed by atoms with Gasteiger partial charge in [-0.1, -0.05) is 30.3 Å². The van der Waals surface area contributed by atoms with Crippen LogP contribution in [-0.2, 0) is 20.9 Å². The average Bonchev–Trinajstić information content (AvgIpc) is 2.56. The van der Waals surface area contributed by atoms with Crippen molar-refractivity contribution in [2.45, 2.75) is 52.0 Å². The first-order valence-corrected chi connectivity index (χ1v) is 8.67. The van der Waals surface area contributed by atoms with Crippen LogP contribution in [-0.4, -0.2) is 54.8 Å². The highest BCUT2D eigenvalue weighted by atomic mass is 16.6. The van der Waals surface area contributed by atoms with Crippen LogP contribution in [0.4, 0.5) is 9.59 Å². The second kappa shape index (κ2) is 9.80. The smallest absolute Gasteiger partial charge is 0.408 e. The average molecular weight is 379 g/mol. The SMILES string of the molecule is C[C@@H](NC(=O)OCc1ccccc1)[C@H](NC(=O)OC(C)(C)C)C(=O)N(C)C. The third kappa shape index (κ3) is 8.44. The fourth-order valence-corrected chi connectivity index (χ4v) is 2.15. The van der Waals surface area contributed by atoms with Crippen LogP contribution in [0.1, 0.15) is 33.3 Å². The van der Waals surface area contributed by atoms with Gasteiger partial charge in [0.05, 0.1) is 6.04 Å². The third-order valence-electron chi connectivity index (χ3n) is 3.44. The van der Waals surface area contributed by atoms with E-state index in [9.17, 15) is 14.4 Å². The second-order valence-corrected chi connectivity index (χ2v) is 7.35. The lowest BCUT2D eigenvalue weighted by molar-refractivity contribution is -0.131. The highest BCUT2D eigenvalue weighted by molar-refractivity contribution is 5.86. The van der Waals surface area contributed by atoms with E-state index in [4.69, 9.17) is 9.47 Å². The molecule has 0 aromatic heterocycles. The molecule has 8 nitrogen and oxygen atoms in total. The van der Waals surface area contributed by atoms with Crippen LogP contribution in [0.15, 0.2) is 30.3 Å². The Labute approximate surface area is 160 Å². The molecule has 1 aromatic carbocycles. The summed E-state index contributed by atoms with van der Waals surface area (Å²) >= 11 is 0. The largest absolute Gasteiger partial charge is 0.445 e. The molecule has 0 saturated carbocycles. The fourth-order valence-electron chi connectivity index (χ4n) is 2.15. The van der Waals surface area contributed by atoms with E-state index in [-0.39, 0.29) is 12.5 Å². The minimum absolute atomic E-state index is 0.102. The highest BCUT2D eigenvalue weighted by Crippen LogP contribution is 2.08. The Balaban J connectivity index is 2.69. The molecule has 1 aromatic rings. The molecule has 0 unspecified atom stereocenters. The van der Waals surface area contributed by atoms with Crippen molar-refractivity contribution in [3.05, 3.63) is 35.9 Å². The molecule has 0 spiro atoms. The molecule has 27 heavy (non-hydrogen) atoms. The number of rotatable bonds is 6. The van der Waals surface area contributed by atoms with Crippen molar-refractivity contribution in [2.75, 3.05) is 14.1 Å². The van der Waals surface area contributed by atoms with E-state index in [0.717, 1.165) is 5.56 Å². The summed E-state index contributed by atoms with van der Waals surface area (Å²) in [7, 11) is 3.12. The summed E-state index contributed by atoms with van der Waals surface area (Å²) in [6.07, 6.45) is -1.43. The first-order chi connectivity index (χ1) is 12.5. The third-order valence-corrected chi connectivity index (χ3v) is 3.44. The predicted molar refractivity (Wildman–Crippen MR) is 101 cm³/mol. The minimum atomic E-state index is -1.00. The molecule has 2 atom stereocenters. The van der Waals surface area contributed by atoms with E-state index >= 15 is 0 Å². The van der Waals surface area contributed by atoms with Crippen LogP contribution in [0.2, 0.25) is 0 Å². The number of alkyl carbamates (subject to hydrolysis) is 2. The van der Waals surface area contributed by atoms with Crippen molar-refractivity contribution >= 4 is 18.1 Å². The summed E-state index contributed by atoms with van der Waals surface area (Å²) in [5, 5.41) is 5.09. The summed E-state index contributed by atoms with van der Waals surface area (Å²) in [5.74, 6) is -0.378. The monoisotopic (exact) mass is 379 g/mol. The molecule has 1 rings (SSSR count). The minimum Gasteiger partial charge on any atom is -0.445 e. The summed E-state index contributed by atoms with van der Waals surface area (Å²) in [6.45, 7) is 6.87. The number of benzene rings is 1. The van der Waals surface area contributed by atoms with Gasteiger partial charge in [-0.3, -0.25) is 4.79 Å². The van der Waals surface area contributed by atoms with Gasteiger partial charge in [-0.05, 0) is 33.3 Å². The summed E-state index contributed by atoms with van der Waals surface area (Å²) in [5.41, 5.74) is 0.134. The van der Waals surface area contributed by atoms with Gasteiger partial charge >= 0.3 is 12.2 Å². The highest BCUT2D eigenvalue weighted by Gasteiger charge is 2.31. The molecular formula is C19H29N3O5. The van der Waals surface area contributed by atoms with Gasteiger partial charge in [-0.15, -0.1) is 0 Å². The van der Waals surface area contributed by atoms with Gasteiger partial charge in [-0.25, -0.2) is 9.59 Å². The van der Waals surface area contributed by atoms with Crippen molar-refractivity contribution in [1.29, 1.82) is 0 Å². The van der Waals surface area contributed by atoms with Gasteiger partial charge in [0.15, 0.2) is 0 Å². The van der Waals surface area contributed by atoms with Gasteiger partial charge < -0.3 is 25.0 Å². The molecule has 3 amide bonds. The molecule has 0 radical (unpaired) electrons. The number of hydrogen-bond acceptors (Lipinski definition) is 5. The van der Waals surface area contributed by atoms with Crippen LogP contribution >= 0.6 is 0 Å². The molecule has 0 aliphatic rings. The normalized spacial score (nSPS) is 13.1. The molecule has 0 aliphatic heterocycles. The van der Waals surface area contributed by atoms with Crippen molar-refractivity contribution in [2.24, 2.45) is 0 Å². The molecule has 8 heteroatoms. The number of hydrogen-bond donors (Lipinski definition) is 2. The number of nitrogens with zero attached hydrogens (tertiary/aromatic N) is 1. The standard InChI is InChI=1S/C19H29N3O5/c1-13(20-17(24)26-12-14-10-8-7-9-11-14)15(16(23)22(5)6)21-18(25)27-19(2,3)4/h7-11,13,15H,12H2,1-6H3,(H,20,24)(H,21,25)/t13-,15+/m1/s1. The number of likely N-dealkylation sites (N-methyl/N-ethyl adjacent to an activating group) is 1. The van der Waals surface area contributed by atoms with E-state index < -0.39 is 29.9 Å². The van der Waals surface area contributed by atoms with E-state index in [1.165, 1.54) is 4.90 Å². The van der Waals surface area contributed by atoms with Crippen LogP contribution in [0.3, 0.4) is 0 Å². The Morgan fingerprint density at radius 1 is 1.04 bits per heavy atom. The molecule has 0 bridgehead atoms. The number of ether oxygens (including phenoxy) is 2. The lowest BCUT2D eigenvalue weighted by Gasteiger charge is -2.28. The van der Waals surface area contributed by atoms with E-state index in [1.54, 1.807) is 41.8 Å².